The maximum Gasteiger partial charge on any atom is 0.540 e. The maximum atomic E-state index is 9.76. The van der Waals surface area contributed by atoms with Gasteiger partial charge in [-0.1, -0.05) is 254 Å². The van der Waals surface area contributed by atoms with Gasteiger partial charge < -0.3 is 9.47 Å². The number of fused-ring (bicyclic) bond motifs is 2. The molecule has 2 heterocycles. The number of ether oxygens (including phenoxy) is 2. The zero-order valence-corrected chi connectivity index (χ0v) is 40.5. The summed E-state index contributed by atoms with van der Waals surface area (Å²) in [7, 11) is 0. The molecule has 0 fully saturated rings. The minimum Gasteiger partial charge on any atom is -0.491 e. The third-order valence-electron chi connectivity index (χ3n) is 11.3. The number of allylic oxidation sites excluding steroid dienone is 1. The quantitative estimate of drug-likeness (QED) is 0.0375. The number of hydrogen-bond donors (Lipinski definition) is 0. The summed E-state index contributed by atoms with van der Waals surface area (Å²) < 4.78 is 14.5. The van der Waals surface area contributed by atoms with Crippen molar-refractivity contribution in [3.05, 3.63) is 42.7 Å². The molecule has 0 aliphatic carbocycles. The molecule has 0 aromatic heterocycles. The van der Waals surface area contributed by atoms with E-state index in [-0.39, 0.29) is 11.4 Å². The van der Waals surface area contributed by atoms with Crippen molar-refractivity contribution in [2.75, 3.05) is 13.2 Å². The van der Waals surface area contributed by atoms with E-state index in [1.54, 1.807) is 0 Å². The maximum absolute atomic E-state index is 9.76. The van der Waals surface area contributed by atoms with Crippen molar-refractivity contribution in [3.63, 3.8) is 0 Å². The molecule has 2 aliphatic rings. The molecule has 2 aliphatic heterocycles. The number of hydrogen-bond acceptors (Lipinski definition) is 8. The Labute approximate surface area is 383 Å². The van der Waals surface area contributed by atoms with Crippen molar-refractivity contribution in [1.29, 1.82) is 10.5 Å². The largest absolute Gasteiger partial charge is 0.540 e. The van der Waals surface area contributed by atoms with Gasteiger partial charge in [-0.15, -0.1) is 0 Å². The van der Waals surface area contributed by atoms with Crippen LogP contribution in [-0.2, 0) is 0 Å². The van der Waals surface area contributed by atoms with Gasteiger partial charge in [0.05, 0.1) is 37.0 Å². The van der Waals surface area contributed by atoms with Crippen LogP contribution in [0, 0.1) is 35.8 Å². The van der Waals surface area contributed by atoms with Crippen LogP contribution in [0.25, 0.3) is 9.69 Å². The fraction of sp³-hybridized carbons (Fsp3) is 0.720. The number of thioether (sulfide) groups is 4. The van der Waals surface area contributed by atoms with Crippen LogP contribution < -0.4 is 9.47 Å². The molecule has 0 saturated heterocycles. The molecule has 1 aromatic rings. The van der Waals surface area contributed by atoms with Crippen molar-refractivity contribution in [1.82, 2.24) is 0 Å². The monoisotopic (exact) mass is 890 g/mol. The van der Waals surface area contributed by atoms with E-state index >= 15 is 0 Å². The average Bonchev–Trinajstić information content (AvgIpc) is 3.90. The summed E-state index contributed by atoms with van der Waals surface area (Å²) in [5.41, 5.74) is 0.0954. The summed E-state index contributed by atoms with van der Waals surface area (Å²) in [6.45, 7) is 21.0. The van der Waals surface area contributed by atoms with Crippen LogP contribution in [0.2, 0.25) is 0 Å². The number of nitrogens with zero attached hydrogens (tertiary/aromatic N) is 4. The molecule has 0 bridgehead atoms. The molecule has 0 radical (unpaired) electrons. The minimum absolute atomic E-state index is 0.0611. The number of unbranched alkanes of at least 4 members (excludes halogenated alkanes) is 30. The van der Waals surface area contributed by atoms with Crippen LogP contribution in [0.15, 0.2) is 39.5 Å². The van der Waals surface area contributed by atoms with E-state index in [1.807, 2.05) is 0 Å². The predicted molar refractivity (Wildman–Crippen MR) is 258 cm³/mol. The Bertz CT molecular complexity index is 1440. The normalized spacial score (nSPS) is 12.7. The van der Waals surface area contributed by atoms with Crippen LogP contribution in [0.5, 0.6) is 11.5 Å². The number of benzene rings is 1. The standard InChI is InChI=1S/C50H74N4O2S4/c1-5-7-9-11-13-15-17-19-21-23-25-27-29-31-33-35-37-55-42-44-45(58-49(57-44)41(39-51)40-52)43(47-46(42)59-50(60-47)48(53-3)54-4)56-38-36-34-32-30-28-26-24-22-20-18-16-14-12-10-8-6-2/h5-38H2,1-2H3. The van der Waals surface area contributed by atoms with Gasteiger partial charge >= 0.3 is 5.82 Å². The molecule has 1 aromatic carbocycles. The van der Waals surface area contributed by atoms with Gasteiger partial charge in [-0.2, -0.15) is 20.2 Å². The van der Waals surface area contributed by atoms with E-state index in [0.29, 0.717) is 21.7 Å². The summed E-state index contributed by atoms with van der Waals surface area (Å²) >= 11 is 5.65. The summed E-state index contributed by atoms with van der Waals surface area (Å²) in [5, 5.41) is 19.5. The van der Waals surface area contributed by atoms with Gasteiger partial charge in [-0.25, -0.2) is 0 Å². The predicted octanol–water partition coefficient (Wildman–Crippen LogP) is 18.6. The lowest BCUT2D eigenvalue weighted by Crippen LogP contribution is -2.04. The van der Waals surface area contributed by atoms with Crippen molar-refractivity contribution in [2.45, 2.75) is 239 Å². The van der Waals surface area contributed by atoms with E-state index in [2.05, 4.69) is 35.7 Å². The fourth-order valence-corrected chi connectivity index (χ4v) is 13.0. The fourth-order valence-electron chi connectivity index (χ4n) is 7.74. The van der Waals surface area contributed by atoms with E-state index in [1.165, 1.54) is 227 Å². The molecule has 6 nitrogen and oxygen atoms in total. The highest BCUT2D eigenvalue weighted by atomic mass is 32.2. The Balaban J connectivity index is 1.48. The second-order valence-corrected chi connectivity index (χ2v) is 21.0. The Morgan fingerprint density at radius 2 is 0.667 bits per heavy atom. The molecule has 0 amide bonds. The molecule has 0 N–H and O–H groups in total. The van der Waals surface area contributed by atoms with E-state index < -0.39 is 0 Å². The summed E-state index contributed by atoms with van der Waals surface area (Å²) in [4.78, 5) is 10.6. The topological polar surface area (TPSA) is 74.8 Å². The Morgan fingerprint density at radius 3 is 0.917 bits per heavy atom. The number of rotatable bonds is 36. The zero-order valence-electron chi connectivity index (χ0n) is 37.3. The van der Waals surface area contributed by atoms with Gasteiger partial charge in [0.1, 0.15) is 46.6 Å². The van der Waals surface area contributed by atoms with Gasteiger partial charge in [-0.05, 0) is 12.8 Å². The molecule has 0 atom stereocenters. The summed E-state index contributed by atoms with van der Waals surface area (Å²) in [6, 6.07) is 4.16. The lowest BCUT2D eigenvalue weighted by molar-refractivity contribution is 0.271. The lowest BCUT2D eigenvalue weighted by Gasteiger charge is -2.18. The van der Waals surface area contributed by atoms with Crippen LogP contribution in [-0.4, -0.2) is 13.2 Å². The highest BCUT2D eigenvalue weighted by molar-refractivity contribution is 8.26. The van der Waals surface area contributed by atoms with Gasteiger partial charge in [-0.3, -0.25) is 0 Å². The molecule has 60 heavy (non-hydrogen) atoms. The summed E-state index contributed by atoms with van der Waals surface area (Å²) in [5.74, 6) is 1.51. The van der Waals surface area contributed by atoms with Crippen LogP contribution in [0.4, 0.5) is 0 Å². The van der Waals surface area contributed by atoms with Crippen molar-refractivity contribution >= 4 is 47.0 Å². The third-order valence-corrected chi connectivity index (χ3v) is 16.5. The molecular formula is C50H74N4O2S4. The highest BCUT2D eigenvalue weighted by Gasteiger charge is 2.39. The smallest absolute Gasteiger partial charge is 0.491 e. The highest BCUT2D eigenvalue weighted by Crippen LogP contribution is 2.68. The molecular weight excluding hydrogens is 817 g/mol. The van der Waals surface area contributed by atoms with Gasteiger partial charge in [0.25, 0.3) is 0 Å². The molecule has 3 rings (SSSR count). The first kappa shape index (κ1) is 52.0. The van der Waals surface area contributed by atoms with Gasteiger partial charge in [0.2, 0.25) is 0 Å². The summed E-state index contributed by atoms with van der Waals surface area (Å²) in [6.07, 6.45) is 42.0. The lowest BCUT2D eigenvalue weighted by atomic mass is 10.0. The zero-order chi connectivity index (χ0) is 42.9. The molecule has 10 heteroatoms. The Hall–Kier alpha value is -2.34. The number of nitriles is 2. The van der Waals surface area contributed by atoms with E-state index in [9.17, 15) is 10.5 Å². The Morgan fingerprint density at radius 1 is 0.417 bits per heavy atom. The molecule has 330 valence electrons. The minimum atomic E-state index is 0.0611. The molecule has 0 saturated carbocycles. The molecule has 0 spiro atoms. The first-order valence-electron chi connectivity index (χ1n) is 23.9. The average molecular weight is 891 g/mol. The second kappa shape index (κ2) is 34.2. The second-order valence-electron chi connectivity index (χ2n) is 16.4. The van der Waals surface area contributed by atoms with Gasteiger partial charge in [0.15, 0.2) is 0 Å². The van der Waals surface area contributed by atoms with Gasteiger partial charge in [0, 0.05) is 0 Å². The first-order valence-corrected chi connectivity index (χ1v) is 27.1. The SMILES string of the molecule is [C-]#[N+]C([N+]#[C-])=C1Sc2c(OCCCCCCCCCCCCCCCCCC)c3c(c(OCCCCCCCCCCCCCCCCCC)c2S1)SC(=C(C#N)C#N)S3. The van der Waals surface area contributed by atoms with E-state index in [4.69, 9.17) is 22.6 Å². The Kier molecular flexibility index (Phi) is 29.6. The van der Waals surface area contributed by atoms with Crippen LogP contribution in [0.3, 0.4) is 0 Å². The van der Waals surface area contributed by atoms with Crippen LogP contribution >= 0.6 is 47.0 Å². The first-order chi connectivity index (χ1) is 29.6. The van der Waals surface area contributed by atoms with Crippen molar-refractivity contribution in [2.24, 2.45) is 0 Å². The third kappa shape index (κ3) is 19.8. The van der Waals surface area contributed by atoms with Crippen molar-refractivity contribution < 1.29 is 9.47 Å². The molecule has 0 unspecified atom stereocenters. The van der Waals surface area contributed by atoms with Crippen LogP contribution in [0.1, 0.15) is 219 Å². The van der Waals surface area contributed by atoms with E-state index in [0.717, 1.165) is 56.8 Å². The van der Waals surface area contributed by atoms with Crippen molar-refractivity contribution in [3.8, 4) is 23.6 Å².